The molecule has 0 saturated carbocycles. The van der Waals surface area contributed by atoms with Crippen LogP contribution in [0.25, 0.3) is 0 Å². The van der Waals surface area contributed by atoms with Crippen LogP contribution in [0.2, 0.25) is 0 Å². The number of methoxy groups -OCH3 is 1. The van der Waals surface area contributed by atoms with E-state index in [9.17, 15) is 4.79 Å². The van der Waals surface area contributed by atoms with Gasteiger partial charge in [-0.1, -0.05) is 25.1 Å². The van der Waals surface area contributed by atoms with Gasteiger partial charge in [-0.25, -0.2) is 0 Å². The SMILES string of the molecule is COC(=O)C(C)(C)NC1c2ccccc2OCC1C. The molecule has 104 valence electrons. The molecular weight excluding hydrogens is 242 g/mol. The lowest BCUT2D eigenvalue weighted by Crippen LogP contribution is -2.51. The fraction of sp³-hybridized carbons (Fsp3) is 0.533. The minimum absolute atomic E-state index is 0.0825. The van der Waals surface area contributed by atoms with E-state index in [0.29, 0.717) is 12.5 Å². The molecule has 0 aliphatic carbocycles. The monoisotopic (exact) mass is 263 g/mol. The highest BCUT2D eigenvalue weighted by molar-refractivity contribution is 5.79. The Morgan fingerprint density at radius 3 is 2.79 bits per heavy atom. The van der Waals surface area contributed by atoms with Crippen molar-refractivity contribution < 1.29 is 14.3 Å². The molecule has 1 aromatic carbocycles. The molecule has 19 heavy (non-hydrogen) atoms. The van der Waals surface area contributed by atoms with E-state index in [4.69, 9.17) is 9.47 Å². The van der Waals surface area contributed by atoms with Gasteiger partial charge >= 0.3 is 5.97 Å². The second-order valence-electron chi connectivity index (χ2n) is 5.56. The second-order valence-corrected chi connectivity index (χ2v) is 5.56. The van der Waals surface area contributed by atoms with Gasteiger partial charge in [0.15, 0.2) is 0 Å². The number of carbonyl (C=O) groups is 1. The van der Waals surface area contributed by atoms with E-state index in [1.54, 1.807) is 0 Å². The van der Waals surface area contributed by atoms with Crippen molar-refractivity contribution in [1.29, 1.82) is 0 Å². The largest absolute Gasteiger partial charge is 0.493 e. The molecular formula is C15H21NO3. The Balaban J connectivity index is 2.27. The lowest BCUT2D eigenvalue weighted by molar-refractivity contribution is -0.147. The van der Waals surface area contributed by atoms with E-state index < -0.39 is 5.54 Å². The standard InChI is InChI=1S/C15H21NO3/c1-10-9-19-12-8-6-5-7-11(12)13(10)16-15(2,3)14(17)18-4/h5-8,10,13,16H,9H2,1-4H3. The fourth-order valence-corrected chi connectivity index (χ4v) is 2.42. The lowest BCUT2D eigenvalue weighted by atomic mass is 9.89. The first-order valence-electron chi connectivity index (χ1n) is 6.53. The minimum Gasteiger partial charge on any atom is -0.493 e. The van der Waals surface area contributed by atoms with E-state index in [-0.39, 0.29) is 12.0 Å². The Labute approximate surface area is 114 Å². The molecule has 1 aliphatic heterocycles. The Hall–Kier alpha value is -1.55. The van der Waals surface area contributed by atoms with Crippen LogP contribution < -0.4 is 10.1 Å². The minimum atomic E-state index is -0.724. The van der Waals surface area contributed by atoms with Gasteiger partial charge in [-0.05, 0) is 19.9 Å². The summed E-state index contributed by atoms with van der Waals surface area (Å²) in [6, 6.07) is 8.02. The second kappa shape index (κ2) is 5.21. The summed E-state index contributed by atoms with van der Waals surface area (Å²) < 4.78 is 10.6. The third-order valence-electron chi connectivity index (χ3n) is 3.54. The third kappa shape index (κ3) is 2.73. The van der Waals surface area contributed by atoms with Gasteiger partial charge in [0.25, 0.3) is 0 Å². The van der Waals surface area contributed by atoms with Crippen molar-refractivity contribution in [2.24, 2.45) is 5.92 Å². The molecule has 1 N–H and O–H groups in total. The van der Waals surface area contributed by atoms with Crippen LogP contribution in [0, 0.1) is 5.92 Å². The number of hydrogen-bond acceptors (Lipinski definition) is 4. The van der Waals surface area contributed by atoms with Crippen molar-refractivity contribution in [2.45, 2.75) is 32.4 Å². The Bertz CT molecular complexity index is 470. The van der Waals surface area contributed by atoms with Crippen molar-refractivity contribution >= 4 is 5.97 Å². The van der Waals surface area contributed by atoms with Gasteiger partial charge in [-0.15, -0.1) is 0 Å². The van der Waals surface area contributed by atoms with E-state index >= 15 is 0 Å². The maximum Gasteiger partial charge on any atom is 0.325 e. The Morgan fingerprint density at radius 2 is 2.11 bits per heavy atom. The average Bonchev–Trinajstić information content (AvgIpc) is 2.41. The highest BCUT2D eigenvalue weighted by Gasteiger charge is 2.36. The fourth-order valence-electron chi connectivity index (χ4n) is 2.42. The smallest absolute Gasteiger partial charge is 0.325 e. The molecule has 0 bridgehead atoms. The molecule has 1 aliphatic rings. The van der Waals surface area contributed by atoms with Gasteiger partial charge in [0.2, 0.25) is 0 Å². The van der Waals surface area contributed by atoms with Crippen molar-refractivity contribution in [3.8, 4) is 5.75 Å². The summed E-state index contributed by atoms with van der Waals surface area (Å²) in [5, 5.41) is 3.40. The van der Waals surface area contributed by atoms with Gasteiger partial charge in [-0.2, -0.15) is 0 Å². The molecule has 0 spiro atoms. The van der Waals surface area contributed by atoms with Gasteiger partial charge in [-0.3, -0.25) is 10.1 Å². The molecule has 2 atom stereocenters. The van der Waals surface area contributed by atoms with Crippen LogP contribution in [0.4, 0.5) is 0 Å². The number of nitrogens with one attached hydrogen (secondary N) is 1. The predicted octanol–water partition coefficient (Wildman–Crippen LogP) is 2.30. The number of carbonyl (C=O) groups excluding carboxylic acids is 1. The zero-order valence-corrected chi connectivity index (χ0v) is 11.9. The maximum absolute atomic E-state index is 11.8. The molecule has 0 saturated heterocycles. The molecule has 4 nitrogen and oxygen atoms in total. The highest BCUT2D eigenvalue weighted by atomic mass is 16.5. The first-order chi connectivity index (χ1) is 8.95. The molecule has 1 aromatic rings. The number of rotatable bonds is 3. The number of para-hydroxylation sites is 1. The quantitative estimate of drug-likeness (QED) is 0.850. The molecule has 0 amide bonds. The Morgan fingerprint density at radius 1 is 1.42 bits per heavy atom. The molecule has 1 heterocycles. The summed E-state index contributed by atoms with van der Waals surface area (Å²) in [5.41, 5.74) is 0.372. The predicted molar refractivity (Wildman–Crippen MR) is 73.1 cm³/mol. The lowest BCUT2D eigenvalue weighted by Gasteiger charge is -2.37. The Kier molecular flexibility index (Phi) is 3.80. The van der Waals surface area contributed by atoms with E-state index in [1.807, 2.05) is 38.1 Å². The first-order valence-corrected chi connectivity index (χ1v) is 6.53. The molecule has 2 unspecified atom stereocenters. The van der Waals surface area contributed by atoms with Crippen LogP contribution in [-0.4, -0.2) is 25.2 Å². The molecule has 0 aromatic heterocycles. The van der Waals surface area contributed by atoms with Crippen LogP contribution in [0.3, 0.4) is 0 Å². The van der Waals surface area contributed by atoms with Crippen LogP contribution in [0.15, 0.2) is 24.3 Å². The van der Waals surface area contributed by atoms with E-state index in [0.717, 1.165) is 11.3 Å². The number of esters is 1. The van der Waals surface area contributed by atoms with E-state index in [1.165, 1.54) is 7.11 Å². The average molecular weight is 263 g/mol. The van der Waals surface area contributed by atoms with Gasteiger partial charge in [0, 0.05) is 17.5 Å². The topological polar surface area (TPSA) is 47.6 Å². The zero-order valence-electron chi connectivity index (χ0n) is 11.9. The molecule has 2 rings (SSSR count). The van der Waals surface area contributed by atoms with Crippen LogP contribution in [-0.2, 0) is 9.53 Å². The first kappa shape index (κ1) is 13.9. The third-order valence-corrected chi connectivity index (χ3v) is 3.54. The maximum atomic E-state index is 11.8. The van der Waals surface area contributed by atoms with Crippen LogP contribution >= 0.6 is 0 Å². The molecule has 4 heteroatoms. The van der Waals surface area contributed by atoms with Crippen molar-refractivity contribution in [3.05, 3.63) is 29.8 Å². The van der Waals surface area contributed by atoms with Crippen LogP contribution in [0.1, 0.15) is 32.4 Å². The van der Waals surface area contributed by atoms with E-state index in [2.05, 4.69) is 12.2 Å². The van der Waals surface area contributed by atoms with Gasteiger partial charge in [0.1, 0.15) is 11.3 Å². The number of ether oxygens (including phenoxy) is 2. The summed E-state index contributed by atoms with van der Waals surface area (Å²) in [7, 11) is 1.41. The van der Waals surface area contributed by atoms with Crippen LogP contribution in [0.5, 0.6) is 5.75 Å². The van der Waals surface area contributed by atoms with Crippen molar-refractivity contribution in [2.75, 3.05) is 13.7 Å². The number of hydrogen-bond donors (Lipinski definition) is 1. The summed E-state index contributed by atoms with van der Waals surface area (Å²) in [6.45, 7) is 6.43. The molecule has 0 fully saturated rings. The zero-order chi connectivity index (χ0) is 14.0. The number of benzene rings is 1. The van der Waals surface area contributed by atoms with Crippen molar-refractivity contribution in [1.82, 2.24) is 5.32 Å². The van der Waals surface area contributed by atoms with Crippen molar-refractivity contribution in [3.63, 3.8) is 0 Å². The van der Waals surface area contributed by atoms with Gasteiger partial charge < -0.3 is 9.47 Å². The number of fused-ring (bicyclic) bond motifs is 1. The molecule has 0 radical (unpaired) electrons. The summed E-state index contributed by atoms with van der Waals surface area (Å²) in [6.07, 6.45) is 0. The highest BCUT2D eigenvalue weighted by Crippen LogP contribution is 2.36. The summed E-state index contributed by atoms with van der Waals surface area (Å²) in [5.74, 6) is 0.918. The van der Waals surface area contributed by atoms with Gasteiger partial charge in [0.05, 0.1) is 13.7 Å². The summed E-state index contributed by atoms with van der Waals surface area (Å²) in [4.78, 5) is 11.8. The summed E-state index contributed by atoms with van der Waals surface area (Å²) >= 11 is 0. The normalized spacial score (nSPS) is 22.3.